The molecule has 0 aliphatic carbocycles. The summed E-state index contributed by atoms with van der Waals surface area (Å²) in [6.45, 7) is 1.64. The van der Waals surface area contributed by atoms with Crippen LogP contribution >= 0.6 is 0 Å². The zero-order chi connectivity index (χ0) is 20.2. The molecule has 0 saturated carbocycles. The summed E-state index contributed by atoms with van der Waals surface area (Å²) < 4.78 is 53.1. The number of benzene rings is 2. The molecule has 0 bridgehead atoms. The fourth-order valence-electron chi connectivity index (χ4n) is 2.33. The van der Waals surface area contributed by atoms with E-state index < -0.39 is 19.1 Å². The smallest absolute Gasteiger partial charge is 0.418 e. The van der Waals surface area contributed by atoms with Crippen LogP contribution in [0, 0.1) is 11.2 Å². The van der Waals surface area contributed by atoms with Crippen molar-refractivity contribution in [2.45, 2.75) is 13.0 Å². The van der Waals surface area contributed by atoms with Crippen LogP contribution in [0.25, 0.3) is 4.98 Å². The molecule has 0 fully saturated rings. The van der Waals surface area contributed by atoms with Gasteiger partial charge in [-0.1, -0.05) is 12.1 Å². The number of hydrogen-bond donors (Lipinski definition) is 1. The summed E-state index contributed by atoms with van der Waals surface area (Å²) in [5, 5.41) is 11.7. The number of nitrogens with zero attached hydrogens (tertiary/aromatic N) is 3. The van der Waals surface area contributed by atoms with E-state index in [9.17, 15) is 26.4 Å². The number of aliphatic imine (C=N–C) groups is 1. The Balaban J connectivity index is 0.000000465. The summed E-state index contributed by atoms with van der Waals surface area (Å²) in [7, 11) is -6.00. The molecule has 0 radical (unpaired) electrons. The normalized spacial score (nSPS) is 16.0. The molecule has 0 saturated heterocycles. The molecule has 1 heterocycles. The quantitative estimate of drug-likeness (QED) is 0.438. The van der Waals surface area contributed by atoms with Crippen molar-refractivity contribution in [3.63, 3.8) is 0 Å². The second-order valence-corrected chi connectivity index (χ2v) is 5.45. The molecule has 1 unspecified atom stereocenters. The highest BCUT2D eigenvalue weighted by molar-refractivity contribution is 6.50. The van der Waals surface area contributed by atoms with Gasteiger partial charge in [0.15, 0.2) is 4.98 Å². The molecule has 1 aliphatic heterocycles. The maximum absolute atomic E-state index is 14.1. The summed E-state index contributed by atoms with van der Waals surface area (Å²) >= 11 is 0. The first-order chi connectivity index (χ1) is 12.6. The van der Waals surface area contributed by atoms with Gasteiger partial charge in [0.1, 0.15) is 11.9 Å². The Hall–Kier alpha value is -3.29. The van der Waals surface area contributed by atoms with E-state index in [4.69, 9.17) is 5.39 Å². The molecule has 1 N–H and O–H groups in total. The lowest BCUT2D eigenvalue weighted by Gasteiger charge is -2.09. The van der Waals surface area contributed by atoms with Crippen LogP contribution < -0.4 is 5.32 Å². The minimum atomic E-state index is -6.00. The molecule has 1 amide bonds. The summed E-state index contributed by atoms with van der Waals surface area (Å²) in [4.78, 5) is 19.5. The zero-order valence-electron chi connectivity index (χ0n) is 13.8. The fraction of sp³-hybridized carbons (Fsp3) is 0.125. The van der Waals surface area contributed by atoms with Gasteiger partial charge in [0, 0.05) is 23.3 Å². The summed E-state index contributed by atoms with van der Waals surface area (Å²) in [6, 6.07) is 10.3. The average Bonchev–Trinajstić information content (AvgIpc) is 2.70. The van der Waals surface area contributed by atoms with E-state index in [-0.39, 0.29) is 5.91 Å². The van der Waals surface area contributed by atoms with E-state index in [0.717, 1.165) is 0 Å². The van der Waals surface area contributed by atoms with Gasteiger partial charge in [-0.05, 0) is 25.1 Å². The highest BCUT2D eigenvalue weighted by Crippen LogP contribution is 2.29. The highest BCUT2D eigenvalue weighted by Gasteiger charge is 2.26. The first kappa shape index (κ1) is 20.0. The number of nitrogens with one attached hydrogen (secondary N) is 1. The van der Waals surface area contributed by atoms with Gasteiger partial charge in [-0.3, -0.25) is 9.79 Å². The van der Waals surface area contributed by atoms with E-state index in [1.807, 2.05) is 0 Å². The number of carbonyl (C=O) groups excluding carboxylic acids is 1. The van der Waals surface area contributed by atoms with Crippen LogP contribution in [0.2, 0.25) is 0 Å². The lowest BCUT2D eigenvalue weighted by Crippen LogP contribution is -2.22. The molecular formula is C16H12BF5N4O. The van der Waals surface area contributed by atoms with Crippen molar-refractivity contribution < 1.29 is 26.4 Å². The third kappa shape index (κ3) is 5.34. The van der Waals surface area contributed by atoms with Crippen LogP contribution in [0.4, 0.5) is 33.0 Å². The Kier molecular flexibility index (Phi) is 5.90. The molecule has 5 nitrogen and oxygen atoms in total. The topological polar surface area (TPSA) is 69.6 Å². The number of anilines is 1. The number of benzodiazepines with no additional fused rings is 1. The van der Waals surface area contributed by atoms with Crippen molar-refractivity contribution >= 4 is 30.2 Å². The monoisotopic (exact) mass is 382 g/mol. The molecule has 11 heteroatoms. The van der Waals surface area contributed by atoms with E-state index in [1.165, 1.54) is 6.07 Å². The number of diazo groups is 1. The van der Waals surface area contributed by atoms with Crippen LogP contribution in [-0.4, -0.2) is 24.9 Å². The van der Waals surface area contributed by atoms with Crippen LogP contribution in [0.15, 0.2) is 47.5 Å². The third-order valence-corrected chi connectivity index (χ3v) is 3.46. The van der Waals surface area contributed by atoms with Gasteiger partial charge >= 0.3 is 12.9 Å². The molecule has 27 heavy (non-hydrogen) atoms. The largest absolute Gasteiger partial charge is 0.673 e. The van der Waals surface area contributed by atoms with Crippen molar-refractivity contribution in [2.24, 2.45) is 4.99 Å². The van der Waals surface area contributed by atoms with Crippen molar-refractivity contribution in [1.82, 2.24) is 0 Å². The Labute approximate surface area is 150 Å². The molecule has 1 aliphatic rings. The van der Waals surface area contributed by atoms with Crippen molar-refractivity contribution in [3.8, 4) is 0 Å². The van der Waals surface area contributed by atoms with Gasteiger partial charge in [-0.15, -0.1) is 0 Å². The van der Waals surface area contributed by atoms with E-state index in [0.29, 0.717) is 28.2 Å². The standard InChI is InChI=1S/C16H11FN4O.BF4/c1-9-16(22)20-14-7-6-10(21-18)8-12(14)15(19-9)11-4-2-3-5-13(11)17;2-1(3,4)5/h2-9H,1H3;/q;-1/p+1. The van der Waals surface area contributed by atoms with Crippen LogP contribution in [-0.2, 0) is 4.79 Å². The number of halogens is 5. The maximum atomic E-state index is 14.1. The van der Waals surface area contributed by atoms with Crippen molar-refractivity contribution in [3.05, 3.63) is 64.4 Å². The van der Waals surface area contributed by atoms with Gasteiger partial charge in [-0.2, -0.15) is 0 Å². The number of rotatable bonds is 1. The van der Waals surface area contributed by atoms with Crippen LogP contribution in [0.1, 0.15) is 18.1 Å². The average molecular weight is 382 g/mol. The summed E-state index contributed by atoms with van der Waals surface area (Å²) in [6.07, 6.45) is 0. The minimum Gasteiger partial charge on any atom is -0.418 e. The molecule has 2 aromatic rings. The van der Waals surface area contributed by atoms with E-state index in [1.54, 1.807) is 43.3 Å². The third-order valence-electron chi connectivity index (χ3n) is 3.46. The number of fused-ring (bicyclic) bond motifs is 1. The number of carbonyl (C=O) groups is 1. The van der Waals surface area contributed by atoms with Gasteiger partial charge in [0.05, 0.1) is 11.4 Å². The van der Waals surface area contributed by atoms with Crippen LogP contribution in [0.3, 0.4) is 0 Å². The SMILES string of the molecule is CC1N=C(c2ccccc2F)c2cc([N+]#N)ccc2NC1=O.F[B-](F)(F)F. The second-order valence-electron chi connectivity index (χ2n) is 5.45. The van der Waals surface area contributed by atoms with E-state index in [2.05, 4.69) is 15.3 Å². The molecule has 0 spiro atoms. The highest BCUT2D eigenvalue weighted by atomic mass is 19.5. The molecule has 0 aromatic heterocycles. The Morgan fingerprint density at radius 2 is 1.74 bits per heavy atom. The Morgan fingerprint density at radius 1 is 1.11 bits per heavy atom. The van der Waals surface area contributed by atoms with Gasteiger partial charge in [0.2, 0.25) is 11.3 Å². The zero-order valence-corrected chi connectivity index (χ0v) is 13.8. The van der Waals surface area contributed by atoms with Crippen molar-refractivity contribution in [1.29, 1.82) is 5.39 Å². The van der Waals surface area contributed by atoms with Gasteiger partial charge in [-0.25, -0.2) is 4.39 Å². The first-order valence-corrected chi connectivity index (χ1v) is 7.60. The Bertz CT molecular complexity index is 933. The number of amides is 1. The van der Waals surface area contributed by atoms with Crippen LogP contribution in [0.5, 0.6) is 0 Å². The molecule has 2 aromatic carbocycles. The molecule has 3 rings (SSSR count). The molecule has 140 valence electrons. The lowest BCUT2D eigenvalue weighted by atomic mass is 9.99. The lowest BCUT2D eigenvalue weighted by molar-refractivity contribution is -0.116. The van der Waals surface area contributed by atoms with Crippen molar-refractivity contribution in [2.75, 3.05) is 5.32 Å². The van der Waals surface area contributed by atoms with Gasteiger partial charge in [0.25, 0.3) is 0 Å². The predicted molar refractivity (Wildman–Crippen MR) is 91.5 cm³/mol. The molecular weight excluding hydrogens is 370 g/mol. The van der Waals surface area contributed by atoms with E-state index >= 15 is 0 Å². The van der Waals surface area contributed by atoms with Gasteiger partial charge < -0.3 is 22.6 Å². The first-order valence-electron chi connectivity index (χ1n) is 7.60. The molecule has 1 atom stereocenters. The second kappa shape index (κ2) is 7.95. The number of hydrogen-bond acceptors (Lipinski definition) is 3. The predicted octanol–water partition coefficient (Wildman–Crippen LogP) is 4.79. The Morgan fingerprint density at radius 3 is 2.33 bits per heavy atom. The fourth-order valence-corrected chi connectivity index (χ4v) is 2.33. The summed E-state index contributed by atoms with van der Waals surface area (Å²) in [5.41, 5.74) is 1.96. The maximum Gasteiger partial charge on any atom is 0.673 e. The summed E-state index contributed by atoms with van der Waals surface area (Å²) in [5.74, 6) is -0.707. The minimum absolute atomic E-state index is 0.277.